The van der Waals surface area contributed by atoms with Crippen LogP contribution in [-0.4, -0.2) is 34.1 Å². The van der Waals surface area contributed by atoms with Gasteiger partial charge in [0.25, 0.3) is 0 Å². The summed E-state index contributed by atoms with van der Waals surface area (Å²) < 4.78 is 68.6. The molecule has 0 amide bonds. The number of hydrogen-bond acceptors (Lipinski definition) is 6. The third-order valence-corrected chi connectivity index (χ3v) is 4.86. The maximum atomic E-state index is 13.5. The fourth-order valence-electron chi connectivity index (χ4n) is 3.03. The van der Waals surface area contributed by atoms with Crippen LogP contribution in [0.2, 0.25) is 0 Å². The molecule has 3 rings (SSSR count). The summed E-state index contributed by atoms with van der Waals surface area (Å²) in [5.41, 5.74) is 1.05. The van der Waals surface area contributed by atoms with Crippen molar-refractivity contribution < 1.29 is 31.8 Å². The van der Waals surface area contributed by atoms with Gasteiger partial charge < -0.3 is 20.5 Å². The van der Waals surface area contributed by atoms with E-state index in [9.17, 15) is 27.1 Å². The topological polar surface area (TPSA) is 79.3 Å². The molecule has 34 heavy (non-hydrogen) atoms. The molecule has 0 radical (unpaired) electrons. The van der Waals surface area contributed by atoms with E-state index in [-0.39, 0.29) is 42.6 Å². The Bertz CT molecular complexity index is 1120. The summed E-state index contributed by atoms with van der Waals surface area (Å²) in [6.07, 6.45) is -4.85. The van der Waals surface area contributed by atoms with Crippen molar-refractivity contribution in [3.05, 3.63) is 65.7 Å². The molecule has 1 atom stereocenters. The summed E-state index contributed by atoms with van der Waals surface area (Å²) in [6, 6.07) is 9.88. The Hall–Kier alpha value is -3.47. The Balaban J connectivity index is 1.93. The summed E-state index contributed by atoms with van der Waals surface area (Å²) >= 11 is 0. The number of halogens is 5. The molecule has 2 aromatic carbocycles. The molecule has 6 nitrogen and oxygen atoms in total. The number of aromatic nitrogens is 2. The van der Waals surface area contributed by atoms with Gasteiger partial charge in [-0.3, -0.25) is 0 Å². The lowest BCUT2D eigenvalue weighted by Crippen LogP contribution is -2.30. The first-order chi connectivity index (χ1) is 16.0. The van der Waals surface area contributed by atoms with Crippen LogP contribution in [0.1, 0.15) is 19.4 Å². The number of benzene rings is 2. The Morgan fingerprint density at radius 3 is 2.41 bits per heavy atom. The Kier molecular flexibility index (Phi) is 7.87. The molecule has 0 aliphatic heterocycles. The van der Waals surface area contributed by atoms with Crippen LogP contribution in [0, 0.1) is 17.6 Å². The maximum absolute atomic E-state index is 13.5. The molecule has 0 aliphatic rings. The third kappa shape index (κ3) is 7.01. The van der Waals surface area contributed by atoms with Crippen molar-refractivity contribution >= 4 is 11.8 Å². The fourth-order valence-corrected chi connectivity index (χ4v) is 3.03. The quantitative estimate of drug-likeness (QED) is 0.357. The smallest absolute Gasteiger partial charge is 0.406 e. The zero-order chi connectivity index (χ0) is 24.9. The van der Waals surface area contributed by atoms with Crippen molar-refractivity contribution in [3.8, 4) is 17.0 Å². The van der Waals surface area contributed by atoms with E-state index in [1.54, 1.807) is 6.07 Å². The van der Waals surface area contributed by atoms with Gasteiger partial charge in [0, 0.05) is 18.2 Å². The minimum Gasteiger partial charge on any atom is -0.406 e. The van der Waals surface area contributed by atoms with Gasteiger partial charge in [-0.25, -0.2) is 13.8 Å². The molecular formula is C23H23F5N4O2. The molecule has 11 heteroatoms. The van der Waals surface area contributed by atoms with Crippen LogP contribution >= 0.6 is 0 Å². The number of rotatable bonds is 9. The lowest BCUT2D eigenvalue weighted by Gasteiger charge is -2.21. The van der Waals surface area contributed by atoms with Crippen LogP contribution < -0.4 is 15.4 Å². The Morgan fingerprint density at radius 2 is 1.76 bits per heavy atom. The molecule has 0 fully saturated rings. The molecule has 182 valence electrons. The third-order valence-electron chi connectivity index (χ3n) is 4.86. The molecule has 0 unspecified atom stereocenters. The molecule has 1 heterocycles. The number of aliphatic hydroxyl groups is 1. The SMILES string of the molecule is CC(C)[C@H](CO)Nc1nc(NCc2ccc(F)c(F)c2)cc(-c2cccc(OC(F)(F)F)c2)n1. The molecule has 0 saturated heterocycles. The Labute approximate surface area is 192 Å². The van der Waals surface area contributed by atoms with E-state index in [0.717, 1.165) is 12.1 Å². The van der Waals surface area contributed by atoms with Gasteiger partial charge in [-0.15, -0.1) is 13.2 Å². The predicted octanol–water partition coefficient (Wildman–Crippen LogP) is 5.36. The van der Waals surface area contributed by atoms with Gasteiger partial charge in [0.05, 0.1) is 18.3 Å². The second kappa shape index (κ2) is 10.6. The lowest BCUT2D eigenvalue weighted by atomic mass is 10.1. The van der Waals surface area contributed by atoms with Crippen molar-refractivity contribution in [3.63, 3.8) is 0 Å². The first-order valence-electron chi connectivity index (χ1n) is 10.3. The number of ether oxygens (including phenoxy) is 1. The lowest BCUT2D eigenvalue weighted by molar-refractivity contribution is -0.274. The molecule has 0 saturated carbocycles. The van der Waals surface area contributed by atoms with Gasteiger partial charge >= 0.3 is 6.36 Å². The van der Waals surface area contributed by atoms with Crippen LogP contribution in [0.5, 0.6) is 5.75 Å². The number of nitrogens with one attached hydrogen (secondary N) is 2. The van der Waals surface area contributed by atoms with E-state index in [1.807, 2.05) is 13.8 Å². The summed E-state index contributed by atoms with van der Waals surface area (Å²) in [5.74, 6) is -1.94. The second-order valence-electron chi connectivity index (χ2n) is 7.82. The number of anilines is 2. The van der Waals surface area contributed by atoms with Crippen LogP contribution in [-0.2, 0) is 6.54 Å². The summed E-state index contributed by atoms with van der Waals surface area (Å²) in [7, 11) is 0. The normalized spacial score (nSPS) is 12.5. The van der Waals surface area contributed by atoms with Crippen molar-refractivity contribution in [2.75, 3.05) is 17.2 Å². The zero-order valence-corrected chi connectivity index (χ0v) is 18.3. The van der Waals surface area contributed by atoms with Gasteiger partial charge in [0.1, 0.15) is 11.6 Å². The van der Waals surface area contributed by atoms with Gasteiger partial charge in [-0.05, 0) is 35.7 Å². The molecule has 3 N–H and O–H groups in total. The largest absolute Gasteiger partial charge is 0.573 e. The standard InChI is InChI=1S/C23H23F5N4O2/c1-13(2)20(12-33)31-22-30-19(15-4-3-5-16(9-15)34-23(26,27)28)10-21(32-22)29-11-14-6-7-17(24)18(25)8-14/h3-10,13,20,33H,11-12H2,1-2H3,(H2,29,30,31,32)/t20-/m0/s1. The first-order valence-corrected chi connectivity index (χ1v) is 10.3. The molecule has 1 aromatic heterocycles. The zero-order valence-electron chi connectivity index (χ0n) is 18.3. The van der Waals surface area contributed by atoms with E-state index < -0.39 is 23.7 Å². The van der Waals surface area contributed by atoms with Crippen LogP contribution in [0.4, 0.5) is 33.7 Å². The highest BCUT2D eigenvalue weighted by atomic mass is 19.4. The first kappa shape index (κ1) is 25.2. The van der Waals surface area contributed by atoms with Crippen LogP contribution in [0.25, 0.3) is 11.3 Å². The second-order valence-corrected chi connectivity index (χ2v) is 7.82. The summed E-state index contributed by atoms with van der Waals surface area (Å²) in [4.78, 5) is 8.71. The van der Waals surface area contributed by atoms with E-state index >= 15 is 0 Å². The monoisotopic (exact) mass is 482 g/mol. The van der Waals surface area contributed by atoms with Crippen molar-refractivity contribution in [1.82, 2.24) is 9.97 Å². The minimum atomic E-state index is -4.85. The number of hydrogen-bond donors (Lipinski definition) is 3. The van der Waals surface area contributed by atoms with E-state index in [4.69, 9.17) is 0 Å². The van der Waals surface area contributed by atoms with Gasteiger partial charge in [-0.2, -0.15) is 4.98 Å². The van der Waals surface area contributed by atoms with Gasteiger partial charge in [0.2, 0.25) is 5.95 Å². The average Bonchev–Trinajstić information content (AvgIpc) is 2.77. The molecule has 0 spiro atoms. The van der Waals surface area contributed by atoms with Gasteiger partial charge in [-0.1, -0.05) is 32.0 Å². The fraction of sp³-hybridized carbons (Fsp3) is 0.304. The van der Waals surface area contributed by atoms with Gasteiger partial charge in [0.15, 0.2) is 11.6 Å². The van der Waals surface area contributed by atoms with Crippen molar-refractivity contribution in [2.24, 2.45) is 5.92 Å². The Morgan fingerprint density at radius 1 is 1.00 bits per heavy atom. The highest BCUT2D eigenvalue weighted by Gasteiger charge is 2.31. The van der Waals surface area contributed by atoms with Crippen LogP contribution in [0.3, 0.4) is 0 Å². The molecule has 0 aliphatic carbocycles. The average molecular weight is 482 g/mol. The highest BCUT2D eigenvalue weighted by Crippen LogP contribution is 2.29. The van der Waals surface area contributed by atoms with Crippen LogP contribution in [0.15, 0.2) is 48.5 Å². The molecule has 0 bridgehead atoms. The number of nitrogens with zero attached hydrogens (tertiary/aromatic N) is 2. The van der Waals surface area contributed by atoms with Crippen molar-refractivity contribution in [2.45, 2.75) is 32.8 Å². The van der Waals surface area contributed by atoms with E-state index in [2.05, 4.69) is 25.3 Å². The summed E-state index contributed by atoms with van der Waals surface area (Å²) in [5, 5.41) is 15.6. The predicted molar refractivity (Wildman–Crippen MR) is 117 cm³/mol. The van der Waals surface area contributed by atoms with E-state index in [1.165, 1.54) is 30.3 Å². The highest BCUT2D eigenvalue weighted by molar-refractivity contribution is 5.66. The summed E-state index contributed by atoms with van der Waals surface area (Å²) in [6.45, 7) is 3.67. The molecular weight excluding hydrogens is 459 g/mol. The van der Waals surface area contributed by atoms with Crippen molar-refractivity contribution in [1.29, 1.82) is 0 Å². The van der Waals surface area contributed by atoms with E-state index in [0.29, 0.717) is 11.1 Å². The number of aliphatic hydroxyl groups excluding tert-OH is 1. The maximum Gasteiger partial charge on any atom is 0.573 e. The number of alkyl halides is 3. The minimum absolute atomic E-state index is 0.0272. The molecule has 3 aromatic rings.